The molecule has 4 nitrogen and oxygen atoms in total. The maximum Gasteiger partial charge on any atom is 0.416 e. The van der Waals surface area contributed by atoms with Gasteiger partial charge in [0.25, 0.3) is 0 Å². The molecule has 0 bridgehead atoms. The summed E-state index contributed by atoms with van der Waals surface area (Å²) in [6.45, 7) is 2.19. The molecular formula is C18H17F3O4. The van der Waals surface area contributed by atoms with Crippen molar-refractivity contribution in [3.05, 3.63) is 47.5 Å². The first-order valence-corrected chi connectivity index (χ1v) is 7.53. The largest absolute Gasteiger partial charge is 0.493 e. The van der Waals surface area contributed by atoms with Crippen molar-refractivity contribution in [1.82, 2.24) is 0 Å². The predicted octanol–water partition coefficient (Wildman–Crippen LogP) is 4.87. The van der Waals surface area contributed by atoms with Crippen molar-refractivity contribution in [2.45, 2.75) is 19.5 Å². The molecule has 7 heteroatoms. The van der Waals surface area contributed by atoms with Crippen molar-refractivity contribution in [3.63, 3.8) is 0 Å². The molecule has 0 amide bonds. The summed E-state index contributed by atoms with van der Waals surface area (Å²) >= 11 is 0. The summed E-state index contributed by atoms with van der Waals surface area (Å²) in [6, 6.07) is 7.21. The van der Waals surface area contributed by atoms with Crippen molar-refractivity contribution in [3.8, 4) is 22.6 Å². The summed E-state index contributed by atoms with van der Waals surface area (Å²) in [7, 11) is 1.34. The van der Waals surface area contributed by atoms with E-state index in [1.54, 1.807) is 0 Å². The molecule has 0 aliphatic heterocycles. The first-order valence-electron chi connectivity index (χ1n) is 7.53. The van der Waals surface area contributed by atoms with Gasteiger partial charge in [0.1, 0.15) is 0 Å². The van der Waals surface area contributed by atoms with E-state index < -0.39 is 17.7 Å². The molecule has 0 atom stereocenters. The third-order valence-corrected chi connectivity index (χ3v) is 3.47. The molecule has 2 rings (SSSR count). The number of rotatable bonds is 6. The van der Waals surface area contributed by atoms with Gasteiger partial charge in [-0.3, -0.25) is 0 Å². The standard InChI is InChI=1S/C18H17F3O4/c1-3-7-25-16-14(9-12(17(22)23)10-15(16)24-2)11-5-4-6-13(8-11)18(19,20)21/h4-6,8-10H,3,7H2,1-2H3,(H,22,23). The van der Waals surface area contributed by atoms with Crippen LogP contribution in [0.5, 0.6) is 11.5 Å². The van der Waals surface area contributed by atoms with Gasteiger partial charge in [-0.15, -0.1) is 0 Å². The maximum absolute atomic E-state index is 13.0. The molecule has 0 aliphatic rings. The normalized spacial score (nSPS) is 11.2. The lowest BCUT2D eigenvalue weighted by atomic mass is 9.99. The summed E-state index contributed by atoms with van der Waals surface area (Å²) in [5.41, 5.74) is -0.502. The fourth-order valence-corrected chi connectivity index (χ4v) is 2.31. The molecule has 0 saturated heterocycles. The lowest BCUT2D eigenvalue weighted by molar-refractivity contribution is -0.137. The highest BCUT2D eigenvalue weighted by molar-refractivity contribution is 5.92. The quantitative estimate of drug-likeness (QED) is 0.804. The highest BCUT2D eigenvalue weighted by atomic mass is 19.4. The molecule has 2 aromatic carbocycles. The molecule has 0 aliphatic carbocycles. The molecule has 0 spiro atoms. The molecule has 2 aromatic rings. The number of halogens is 3. The van der Waals surface area contributed by atoms with E-state index in [-0.39, 0.29) is 28.2 Å². The van der Waals surface area contributed by atoms with Crippen molar-refractivity contribution in [2.24, 2.45) is 0 Å². The number of hydrogen-bond acceptors (Lipinski definition) is 3. The lowest BCUT2D eigenvalue weighted by Gasteiger charge is -2.17. The Hall–Kier alpha value is -2.70. The molecule has 0 aromatic heterocycles. The van der Waals surface area contributed by atoms with Crippen LogP contribution in [-0.4, -0.2) is 24.8 Å². The predicted molar refractivity (Wildman–Crippen MR) is 86.2 cm³/mol. The fourth-order valence-electron chi connectivity index (χ4n) is 2.31. The van der Waals surface area contributed by atoms with E-state index in [2.05, 4.69) is 0 Å². The Kier molecular flexibility index (Phi) is 5.56. The van der Waals surface area contributed by atoms with Gasteiger partial charge in [0, 0.05) is 5.56 Å². The Morgan fingerprint density at radius 3 is 2.48 bits per heavy atom. The van der Waals surface area contributed by atoms with Crippen LogP contribution in [-0.2, 0) is 6.18 Å². The van der Waals surface area contributed by atoms with Gasteiger partial charge in [-0.2, -0.15) is 13.2 Å². The number of alkyl halides is 3. The number of aromatic carboxylic acids is 1. The van der Waals surface area contributed by atoms with Crippen molar-refractivity contribution in [2.75, 3.05) is 13.7 Å². The summed E-state index contributed by atoms with van der Waals surface area (Å²) in [5, 5.41) is 9.25. The van der Waals surface area contributed by atoms with E-state index in [4.69, 9.17) is 9.47 Å². The first-order chi connectivity index (χ1) is 11.8. The minimum atomic E-state index is -4.51. The molecule has 25 heavy (non-hydrogen) atoms. The van der Waals surface area contributed by atoms with Crippen LogP contribution < -0.4 is 9.47 Å². The average Bonchev–Trinajstić information content (AvgIpc) is 2.58. The zero-order valence-corrected chi connectivity index (χ0v) is 13.7. The minimum absolute atomic E-state index is 0.104. The van der Waals surface area contributed by atoms with Gasteiger partial charge < -0.3 is 14.6 Å². The zero-order chi connectivity index (χ0) is 18.6. The highest BCUT2D eigenvalue weighted by Crippen LogP contribution is 2.41. The summed E-state index contributed by atoms with van der Waals surface area (Å²) in [5.74, 6) is -0.844. The van der Waals surface area contributed by atoms with Gasteiger partial charge in [-0.1, -0.05) is 19.1 Å². The smallest absolute Gasteiger partial charge is 0.416 e. The lowest BCUT2D eigenvalue weighted by Crippen LogP contribution is -2.06. The van der Waals surface area contributed by atoms with Crippen LogP contribution in [0.4, 0.5) is 13.2 Å². The molecular weight excluding hydrogens is 337 g/mol. The summed E-state index contributed by atoms with van der Waals surface area (Å²) < 4.78 is 49.8. The van der Waals surface area contributed by atoms with E-state index in [1.165, 1.54) is 31.4 Å². The molecule has 0 heterocycles. The second-order valence-electron chi connectivity index (χ2n) is 5.29. The van der Waals surface area contributed by atoms with E-state index in [9.17, 15) is 23.1 Å². The number of carbonyl (C=O) groups is 1. The molecule has 0 saturated carbocycles. The third kappa shape index (κ3) is 4.23. The van der Waals surface area contributed by atoms with E-state index in [1.807, 2.05) is 6.92 Å². The van der Waals surface area contributed by atoms with E-state index >= 15 is 0 Å². The van der Waals surface area contributed by atoms with Crippen molar-refractivity contribution < 1.29 is 32.5 Å². The zero-order valence-electron chi connectivity index (χ0n) is 13.7. The SMILES string of the molecule is CCCOc1c(OC)cc(C(=O)O)cc1-c1cccc(C(F)(F)F)c1. The number of ether oxygens (including phenoxy) is 2. The summed E-state index contributed by atoms with van der Waals surface area (Å²) in [6.07, 6.45) is -3.83. The monoisotopic (exact) mass is 354 g/mol. The van der Waals surface area contributed by atoms with Crippen LogP contribution >= 0.6 is 0 Å². The number of carboxylic acid groups (broad SMARTS) is 1. The topological polar surface area (TPSA) is 55.8 Å². The fraction of sp³-hybridized carbons (Fsp3) is 0.278. The van der Waals surface area contributed by atoms with Gasteiger partial charge in [0.15, 0.2) is 11.5 Å². The number of methoxy groups -OCH3 is 1. The number of carboxylic acids is 1. The van der Waals surface area contributed by atoms with Gasteiger partial charge in [0.2, 0.25) is 0 Å². The van der Waals surface area contributed by atoms with E-state index in [0.29, 0.717) is 13.0 Å². The van der Waals surface area contributed by atoms with Crippen LogP contribution in [0.1, 0.15) is 29.3 Å². The van der Waals surface area contributed by atoms with Crippen molar-refractivity contribution in [1.29, 1.82) is 0 Å². The van der Waals surface area contributed by atoms with Gasteiger partial charge >= 0.3 is 12.1 Å². The molecule has 0 unspecified atom stereocenters. The Balaban J connectivity index is 2.68. The van der Waals surface area contributed by atoms with Gasteiger partial charge in [-0.05, 0) is 36.2 Å². The first kappa shape index (κ1) is 18.6. The Bertz CT molecular complexity index is 769. The maximum atomic E-state index is 13.0. The second kappa shape index (κ2) is 7.46. The van der Waals surface area contributed by atoms with Crippen LogP contribution in [0.25, 0.3) is 11.1 Å². The van der Waals surface area contributed by atoms with Crippen molar-refractivity contribution >= 4 is 5.97 Å². The van der Waals surface area contributed by atoms with Crippen LogP contribution in [0.3, 0.4) is 0 Å². The Morgan fingerprint density at radius 2 is 1.92 bits per heavy atom. The summed E-state index contributed by atoms with van der Waals surface area (Å²) in [4.78, 5) is 11.3. The molecule has 134 valence electrons. The number of benzene rings is 2. The average molecular weight is 354 g/mol. The third-order valence-electron chi connectivity index (χ3n) is 3.47. The number of hydrogen-bond donors (Lipinski definition) is 1. The van der Waals surface area contributed by atoms with Gasteiger partial charge in [-0.25, -0.2) is 4.79 Å². The molecule has 1 N–H and O–H groups in total. The highest BCUT2D eigenvalue weighted by Gasteiger charge is 2.31. The second-order valence-corrected chi connectivity index (χ2v) is 5.29. The Morgan fingerprint density at radius 1 is 1.20 bits per heavy atom. The minimum Gasteiger partial charge on any atom is -0.493 e. The van der Waals surface area contributed by atoms with Crippen LogP contribution in [0.15, 0.2) is 36.4 Å². The molecule has 0 fully saturated rings. The molecule has 0 radical (unpaired) electrons. The van der Waals surface area contributed by atoms with Crippen LogP contribution in [0, 0.1) is 0 Å². The van der Waals surface area contributed by atoms with Crippen LogP contribution in [0.2, 0.25) is 0 Å². The van der Waals surface area contributed by atoms with E-state index in [0.717, 1.165) is 12.1 Å². The Labute approximate surface area is 142 Å². The van der Waals surface area contributed by atoms with Gasteiger partial charge in [0.05, 0.1) is 24.8 Å².